The molecule has 1 atom stereocenters. The van der Waals surface area contributed by atoms with Crippen molar-refractivity contribution in [2.45, 2.75) is 66.5 Å². The fraction of sp³-hybridized carbons (Fsp3) is 0.203. The zero-order valence-electron chi connectivity index (χ0n) is 49.9. The van der Waals surface area contributed by atoms with Crippen LogP contribution in [0.1, 0.15) is 83.1 Å². The van der Waals surface area contributed by atoms with Crippen LogP contribution in [0.25, 0.3) is 54.3 Å². The van der Waals surface area contributed by atoms with Gasteiger partial charge in [-0.15, -0.1) is 6.42 Å². The summed E-state index contributed by atoms with van der Waals surface area (Å²) in [6.07, 6.45) is 7.93. The Morgan fingerprint density at radius 3 is 1.66 bits per heavy atom. The number of aryl methyl sites for hydroxylation is 3. The van der Waals surface area contributed by atoms with E-state index < -0.39 is 11.9 Å². The van der Waals surface area contributed by atoms with Gasteiger partial charge in [0.15, 0.2) is 0 Å². The number of para-hydroxylation sites is 7. The number of rotatable bonds is 10. The zero-order valence-corrected chi connectivity index (χ0v) is 49.9. The highest BCUT2D eigenvalue weighted by atomic mass is 16.5. The van der Waals surface area contributed by atoms with Crippen LogP contribution in [0.4, 0.5) is 0 Å². The van der Waals surface area contributed by atoms with Crippen molar-refractivity contribution in [2.24, 2.45) is 16.6 Å². The number of nitrogens with two attached hydrogens (primary N) is 2. The third kappa shape index (κ3) is 18.1. The second-order valence-corrected chi connectivity index (χ2v) is 19.2. The number of hydrogen-bond acceptors (Lipinski definition) is 17. The van der Waals surface area contributed by atoms with Crippen LogP contribution in [0.15, 0.2) is 193 Å². The topological polar surface area (TPSA) is 291 Å². The number of ether oxygens (including phenoxy) is 5. The molecular weight excluding hydrogens is 1120 g/mol. The number of phenols is 1. The molecule has 0 spiro atoms. The zero-order chi connectivity index (χ0) is 63.5. The number of terminal acetylenes is 1. The predicted octanol–water partition coefficient (Wildman–Crippen LogP) is 14.3. The molecule has 4 aromatic heterocycles. The van der Waals surface area contributed by atoms with Gasteiger partial charge in [-0.25, -0.2) is 14.4 Å². The van der Waals surface area contributed by atoms with Crippen molar-refractivity contribution >= 4 is 61.8 Å². The Balaban J connectivity index is 0.000000164. The van der Waals surface area contributed by atoms with Crippen LogP contribution in [-0.4, -0.2) is 62.2 Å². The summed E-state index contributed by atoms with van der Waals surface area (Å²) < 4.78 is 46.1. The highest BCUT2D eigenvalue weighted by molar-refractivity contribution is 6.02. The smallest absolute Gasteiger partial charge is 0.341 e. The van der Waals surface area contributed by atoms with E-state index in [0.717, 1.165) is 90.0 Å². The van der Waals surface area contributed by atoms with E-state index in [0.29, 0.717) is 48.2 Å². The van der Waals surface area contributed by atoms with Crippen LogP contribution in [-0.2, 0) is 46.9 Å². The van der Waals surface area contributed by atoms with Crippen LogP contribution < -0.4 is 20.9 Å². The van der Waals surface area contributed by atoms with E-state index in [1.165, 1.54) is 39.0 Å². The molecule has 0 bridgehead atoms. The number of hydrogen-bond donors (Lipinski definition) is 4. The van der Waals surface area contributed by atoms with Crippen molar-refractivity contribution in [3.05, 3.63) is 242 Å². The Morgan fingerprint density at radius 2 is 1.09 bits per heavy atom. The normalized spacial score (nSPS) is 11.4. The maximum atomic E-state index is 11.2. The second-order valence-electron chi connectivity index (χ2n) is 19.2. The van der Waals surface area contributed by atoms with Crippen molar-refractivity contribution in [1.29, 1.82) is 0 Å². The molecule has 0 saturated heterocycles. The van der Waals surface area contributed by atoms with Crippen LogP contribution >= 0.6 is 0 Å². The van der Waals surface area contributed by atoms with E-state index in [4.69, 9.17) is 60.8 Å². The van der Waals surface area contributed by atoms with Gasteiger partial charge in [-0.1, -0.05) is 120 Å². The largest absolute Gasteiger partial charge is 0.507 e. The molecule has 19 heteroatoms. The van der Waals surface area contributed by atoms with Crippen LogP contribution in [0.3, 0.4) is 0 Å². The van der Waals surface area contributed by atoms with E-state index in [9.17, 15) is 14.4 Å². The summed E-state index contributed by atoms with van der Waals surface area (Å²) in [5, 5.41) is 25.8. The number of aliphatic hydroxyl groups is 1. The van der Waals surface area contributed by atoms with Crippen LogP contribution in [0.5, 0.6) is 17.2 Å². The fourth-order valence-electron chi connectivity index (χ4n) is 8.95. The van der Waals surface area contributed by atoms with Gasteiger partial charge in [0.25, 0.3) is 0 Å². The van der Waals surface area contributed by atoms with Crippen LogP contribution in [0.2, 0.25) is 0 Å². The molecule has 0 fully saturated rings. The number of methoxy groups -OCH3 is 3. The summed E-state index contributed by atoms with van der Waals surface area (Å²) in [5.74, 6) is 5.09. The van der Waals surface area contributed by atoms with Gasteiger partial charge in [0, 0.05) is 68.2 Å². The van der Waals surface area contributed by atoms with E-state index in [2.05, 4.69) is 43.1 Å². The number of carbonyl (C=O) groups is 3. The lowest BCUT2D eigenvalue weighted by Gasteiger charge is -2.06. The maximum absolute atomic E-state index is 11.2. The highest BCUT2D eigenvalue weighted by Gasteiger charge is 2.21. The van der Waals surface area contributed by atoms with Gasteiger partial charge < -0.3 is 63.0 Å². The minimum atomic E-state index is -0.525. The number of azide groups is 1. The van der Waals surface area contributed by atoms with E-state index in [1.54, 1.807) is 54.8 Å². The summed E-state index contributed by atoms with van der Waals surface area (Å²) >= 11 is 0. The molecule has 12 rings (SSSR count). The minimum Gasteiger partial charge on any atom is -0.507 e. The van der Waals surface area contributed by atoms with E-state index in [-0.39, 0.29) is 30.5 Å². The lowest BCUT2D eigenvalue weighted by Crippen LogP contribution is -2.06. The first-order valence-corrected chi connectivity index (χ1v) is 27.5. The molecule has 1 aliphatic heterocycles. The van der Waals surface area contributed by atoms with Crippen molar-refractivity contribution in [3.8, 4) is 29.6 Å². The molecule has 0 amide bonds. The van der Waals surface area contributed by atoms with Gasteiger partial charge in [0.2, 0.25) is 0 Å². The van der Waals surface area contributed by atoms with Gasteiger partial charge in [0.1, 0.15) is 86.3 Å². The molecule has 0 aliphatic carbocycles. The molecule has 5 heterocycles. The molecule has 7 aromatic carbocycles. The molecule has 0 saturated carbocycles. The number of fused-ring (bicyclic) bond motifs is 5. The van der Waals surface area contributed by atoms with Gasteiger partial charge >= 0.3 is 17.9 Å². The van der Waals surface area contributed by atoms with Crippen molar-refractivity contribution in [1.82, 2.24) is 0 Å². The summed E-state index contributed by atoms with van der Waals surface area (Å²) in [5.41, 5.74) is 28.8. The first kappa shape index (κ1) is 66.4. The number of benzene rings is 7. The average Bonchev–Trinajstić information content (AvgIpc) is 4.58. The van der Waals surface area contributed by atoms with E-state index in [1.807, 2.05) is 118 Å². The molecule has 0 radical (unpaired) electrons. The standard InChI is InChI=1S/C11H10O3.C10H9N3O.C10H13NO.C10H11NO.C10H8O3.C10H10O2.C8H8O3/c1-3-8-14-10-7-5-4-6-9(10)11(12)13-2;1-7-5-8-3-2-4-9(6-12-13-11)10(8)14-7;2*1-7-5-8-3-2-4-9(6-11)10(8)12-7;1-12-10(11)8-4-2-3-7-5-6-13-9(7)8;1-7-5-8-3-2-4-9(6-11)10(8)12-7;1-11-8(10)6-4-2-3-5-7(6)9/h1,4-7H,8H2,2H3;2-5H,6H2,1H3;2-4,7H,5-6,11H2,1H3;2-5H,6,11H2,1H3;2-6H,1H3;2-5,11H,6H2,1H3;2-5,9H,1H3. The summed E-state index contributed by atoms with van der Waals surface area (Å²) in [7, 11) is 3.94. The SMILES string of the molecule is C#CCOc1ccccc1C(=O)OC.CC1Cc2cccc(CN)c2O1.COC(=O)c1cccc2ccoc12.COC(=O)c1ccccc1O.Cc1cc2cccc(CN)c2o1.Cc1cc2cccc(CN=[N+]=[N-])c2o1.Cc1cc2cccc(CO)c2o1. The Morgan fingerprint density at radius 1 is 0.614 bits per heavy atom. The lowest BCUT2D eigenvalue weighted by atomic mass is 10.1. The quantitative estimate of drug-likeness (QED) is 0.0247. The Hall–Kier alpha value is -10.7. The summed E-state index contributed by atoms with van der Waals surface area (Å²) in [4.78, 5) is 36.1. The third-order valence-electron chi connectivity index (χ3n) is 13.0. The molecule has 19 nitrogen and oxygen atoms in total. The molecule has 6 N–H and O–H groups in total. The average molecular weight is 1190 g/mol. The Bertz CT molecular complexity index is 4100. The Kier molecular flexibility index (Phi) is 25.4. The molecular formula is C69H69N5O14. The van der Waals surface area contributed by atoms with Gasteiger partial charge in [0.05, 0.1) is 40.7 Å². The number of phenolic OH excluding ortho intramolecular Hbond substituents is 1. The molecule has 1 aliphatic rings. The maximum Gasteiger partial charge on any atom is 0.341 e. The number of nitrogens with zero attached hydrogens (tertiary/aromatic N) is 3. The first-order valence-electron chi connectivity index (χ1n) is 27.5. The first-order chi connectivity index (χ1) is 42.6. The number of aliphatic hydroxyl groups excluding tert-OH is 1. The van der Waals surface area contributed by atoms with Crippen molar-refractivity contribution in [3.63, 3.8) is 0 Å². The second kappa shape index (κ2) is 33.7. The molecule has 1 unspecified atom stereocenters. The number of esters is 3. The summed E-state index contributed by atoms with van der Waals surface area (Å²) in [6.45, 7) is 9.43. The van der Waals surface area contributed by atoms with Gasteiger partial charge in [-0.3, -0.25) is 0 Å². The molecule has 454 valence electrons. The van der Waals surface area contributed by atoms with Crippen molar-refractivity contribution < 1.29 is 65.9 Å². The Labute approximate surface area is 508 Å². The van der Waals surface area contributed by atoms with Gasteiger partial charge in [-0.2, -0.15) is 0 Å². The summed E-state index contributed by atoms with van der Waals surface area (Å²) in [6, 6.07) is 49.9. The monoisotopic (exact) mass is 1190 g/mol. The molecule has 11 aromatic rings. The third-order valence-corrected chi connectivity index (χ3v) is 13.0. The lowest BCUT2D eigenvalue weighted by molar-refractivity contribution is 0.0587. The fourth-order valence-corrected chi connectivity index (χ4v) is 8.95. The number of aromatic hydroxyl groups is 1. The highest BCUT2D eigenvalue weighted by Crippen LogP contribution is 2.32. The van der Waals surface area contributed by atoms with E-state index >= 15 is 0 Å². The number of furan rings is 4. The minimum absolute atomic E-state index is 0.0320. The molecule has 88 heavy (non-hydrogen) atoms. The van der Waals surface area contributed by atoms with Crippen LogP contribution in [0, 0.1) is 33.1 Å². The van der Waals surface area contributed by atoms with Gasteiger partial charge in [-0.05, 0) is 93.4 Å². The van der Waals surface area contributed by atoms with Crippen molar-refractivity contribution in [2.75, 3.05) is 27.9 Å². The number of carbonyl (C=O) groups excluding carboxylic acids is 3. The predicted molar refractivity (Wildman–Crippen MR) is 337 cm³/mol.